The van der Waals surface area contributed by atoms with Crippen molar-refractivity contribution in [2.45, 2.75) is 25.8 Å². The number of piperidine rings is 1. The van der Waals surface area contributed by atoms with Gasteiger partial charge in [0.15, 0.2) is 0 Å². The highest BCUT2D eigenvalue weighted by Crippen LogP contribution is 2.17. The normalized spacial score (nSPS) is 15.1. The number of hydrogen-bond donors (Lipinski definition) is 1. The van der Waals surface area contributed by atoms with Gasteiger partial charge in [-0.1, -0.05) is 24.3 Å². The molecule has 5 nitrogen and oxygen atoms in total. The van der Waals surface area contributed by atoms with Crippen molar-refractivity contribution in [2.75, 3.05) is 13.1 Å². The highest BCUT2D eigenvalue weighted by Gasteiger charge is 2.25. The van der Waals surface area contributed by atoms with E-state index in [-0.39, 0.29) is 17.9 Å². The topological polar surface area (TPSA) is 53.8 Å². The Bertz CT molecular complexity index is 951. The second-order valence-electron chi connectivity index (χ2n) is 7.12. The van der Waals surface area contributed by atoms with E-state index in [4.69, 9.17) is 0 Å². The predicted octanol–water partition coefficient (Wildman–Crippen LogP) is 3.28. The molecule has 2 aromatic heterocycles. The van der Waals surface area contributed by atoms with E-state index in [2.05, 4.69) is 5.32 Å². The Morgan fingerprint density at radius 2 is 1.78 bits per heavy atom. The Morgan fingerprint density at radius 3 is 2.52 bits per heavy atom. The van der Waals surface area contributed by atoms with Crippen LogP contribution in [0.3, 0.4) is 0 Å². The molecule has 0 radical (unpaired) electrons. The van der Waals surface area contributed by atoms with E-state index in [1.54, 1.807) is 0 Å². The van der Waals surface area contributed by atoms with Crippen molar-refractivity contribution in [2.24, 2.45) is 0 Å². The van der Waals surface area contributed by atoms with Crippen LogP contribution in [0.15, 0.2) is 60.9 Å². The second kappa shape index (κ2) is 7.27. The van der Waals surface area contributed by atoms with Crippen LogP contribution in [0.2, 0.25) is 0 Å². The van der Waals surface area contributed by atoms with Crippen LogP contribution in [0.4, 0.5) is 0 Å². The monoisotopic (exact) mass is 361 g/mol. The first kappa shape index (κ1) is 17.3. The van der Waals surface area contributed by atoms with Gasteiger partial charge in [0.05, 0.1) is 5.56 Å². The van der Waals surface area contributed by atoms with E-state index in [9.17, 15) is 9.59 Å². The Hall–Kier alpha value is -3.08. The van der Waals surface area contributed by atoms with E-state index in [1.165, 1.54) is 0 Å². The Labute approximate surface area is 158 Å². The molecule has 3 aromatic rings. The van der Waals surface area contributed by atoms with Crippen molar-refractivity contribution in [3.63, 3.8) is 0 Å². The lowest BCUT2D eigenvalue weighted by molar-refractivity contribution is 0.0698. The van der Waals surface area contributed by atoms with Gasteiger partial charge in [-0.15, -0.1) is 0 Å². The summed E-state index contributed by atoms with van der Waals surface area (Å²) in [4.78, 5) is 27.1. The van der Waals surface area contributed by atoms with Gasteiger partial charge >= 0.3 is 0 Å². The number of carbonyl (C=O) groups is 2. The second-order valence-corrected chi connectivity index (χ2v) is 7.12. The Kier molecular flexibility index (Phi) is 4.67. The molecule has 1 saturated heterocycles. The summed E-state index contributed by atoms with van der Waals surface area (Å²) in [5.74, 6) is 0.0268. The van der Waals surface area contributed by atoms with E-state index in [0.29, 0.717) is 18.7 Å². The maximum Gasteiger partial charge on any atom is 0.255 e. The minimum absolute atomic E-state index is 0.0310. The molecule has 1 aromatic carbocycles. The number of carbonyl (C=O) groups excluding carboxylic acids is 2. The third-order valence-electron chi connectivity index (χ3n) is 5.26. The van der Waals surface area contributed by atoms with Crippen LogP contribution >= 0.6 is 0 Å². The Morgan fingerprint density at radius 1 is 1.04 bits per heavy atom. The van der Waals surface area contributed by atoms with E-state index >= 15 is 0 Å². The van der Waals surface area contributed by atoms with Crippen molar-refractivity contribution >= 4 is 17.3 Å². The molecule has 27 heavy (non-hydrogen) atoms. The van der Waals surface area contributed by atoms with E-state index in [0.717, 1.165) is 29.5 Å². The molecule has 1 fully saturated rings. The molecule has 1 aliphatic rings. The molecule has 138 valence electrons. The molecule has 1 N–H and O–H groups in total. The smallest absolute Gasteiger partial charge is 0.255 e. The first-order valence-corrected chi connectivity index (χ1v) is 9.34. The van der Waals surface area contributed by atoms with Gasteiger partial charge in [-0.2, -0.15) is 0 Å². The van der Waals surface area contributed by atoms with Gasteiger partial charge in [0.2, 0.25) is 0 Å². The van der Waals surface area contributed by atoms with Crippen molar-refractivity contribution in [1.29, 1.82) is 0 Å². The quantitative estimate of drug-likeness (QED) is 0.778. The number of rotatable bonds is 3. The number of nitrogens with one attached hydrogen (secondary N) is 1. The molecule has 0 atom stereocenters. The summed E-state index contributed by atoms with van der Waals surface area (Å²) in [6.45, 7) is 3.26. The number of likely N-dealkylation sites (tertiary alicyclic amines) is 1. The number of nitrogens with zero attached hydrogens (tertiary/aromatic N) is 2. The molecule has 3 heterocycles. The molecule has 4 rings (SSSR count). The van der Waals surface area contributed by atoms with Crippen molar-refractivity contribution in [1.82, 2.24) is 14.6 Å². The molecule has 0 spiro atoms. The van der Waals surface area contributed by atoms with Crippen LogP contribution in [-0.4, -0.2) is 40.2 Å². The molecule has 0 saturated carbocycles. The molecule has 1 aliphatic heterocycles. The van der Waals surface area contributed by atoms with Gasteiger partial charge in [0, 0.05) is 42.6 Å². The van der Waals surface area contributed by atoms with Crippen LogP contribution in [-0.2, 0) is 0 Å². The first-order valence-electron chi connectivity index (χ1n) is 9.34. The molecule has 0 unspecified atom stereocenters. The molecule has 0 aliphatic carbocycles. The average molecular weight is 361 g/mol. The first-order chi connectivity index (χ1) is 13.1. The summed E-state index contributed by atoms with van der Waals surface area (Å²) >= 11 is 0. The van der Waals surface area contributed by atoms with Crippen LogP contribution in [0.25, 0.3) is 5.52 Å². The molecule has 2 amide bonds. The molecular formula is C22H23N3O2. The zero-order valence-electron chi connectivity index (χ0n) is 15.4. The minimum Gasteiger partial charge on any atom is -0.349 e. The SMILES string of the molecule is Cc1ccccc1C(=O)NC1CCN(C(=O)c2cc3ccccn3c2)CC1. The summed E-state index contributed by atoms with van der Waals surface area (Å²) in [5, 5.41) is 3.12. The van der Waals surface area contributed by atoms with E-state index < -0.39 is 0 Å². The summed E-state index contributed by atoms with van der Waals surface area (Å²) in [5.41, 5.74) is 3.42. The highest BCUT2D eigenvalue weighted by atomic mass is 16.2. The van der Waals surface area contributed by atoms with Gasteiger partial charge in [-0.3, -0.25) is 9.59 Å². The largest absolute Gasteiger partial charge is 0.349 e. The lowest BCUT2D eigenvalue weighted by Gasteiger charge is -2.32. The lowest BCUT2D eigenvalue weighted by atomic mass is 10.0. The van der Waals surface area contributed by atoms with Crippen molar-refractivity contribution < 1.29 is 9.59 Å². The highest BCUT2D eigenvalue weighted by molar-refractivity contribution is 5.96. The summed E-state index contributed by atoms with van der Waals surface area (Å²) < 4.78 is 1.96. The van der Waals surface area contributed by atoms with Crippen LogP contribution in [0.1, 0.15) is 39.1 Å². The number of aromatic nitrogens is 1. The fraction of sp³-hybridized carbons (Fsp3) is 0.273. The molecule has 5 heteroatoms. The maximum absolute atomic E-state index is 12.8. The fourth-order valence-corrected chi connectivity index (χ4v) is 3.67. The number of pyridine rings is 1. The van der Waals surface area contributed by atoms with Gasteiger partial charge in [-0.05, 0) is 49.6 Å². The average Bonchev–Trinajstić information content (AvgIpc) is 3.12. The number of hydrogen-bond acceptors (Lipinski definition) is 2. The predicted molar refractivity (Wildman–Crippen MR) is 105 cm³/mol. The molecular weight excluding hydrogens is 338 g/mol. The maximum atomic E-state index is 12.8. The van der Waals surface area contributed by atoms with Gasteiger partial charge in [-0.25, -0.2) is 0 Å². The third kappa shape index (κ3) is 3.58. The summed E-state index contributed by atoms with van der Waals surface area (Å²) in [7, 11) is 0. The standard InChI is InChI=1S/C22H23N3O2/c1-16-6-2-3-8-20(16)21(26)23-18-9-12-24(13-10-18)22(27)17-14-19-7-4-5-11-25(19)15-17/h2-8,11,14-15,18H,9-10,12-13H2,1H3,(H,23,26). The zero-order valence-corrected chi connectivity index (χ0v) is 15.4. The van der Waals surface area contributed by atoms with Gasteiger partial charge in [0.1, 0.15) is 0 Å². The van der Waals surface area contributed by atoms with Crippen molar-refractivity contribution in [3.05, 3.63) is 77.6 Å². The Balaban J connectivity index is 1.36. The van der Waals surface area contributed by atoms with Crippen LogP contribution < -0.4 is 5.32 Å². The summed E-state index contributed by atoms with van der Waals surface area (Å²) in [6, 6.07) is 15.5. The van der Waals surface area contributed by atoms with Gasteiger partial charge in [0.25, 0.3) is 11.8 Å². The number of benzene rings is 1. The summed E-state index contributed by atoms with van der Waals surface area (Å²) in [6.07, 6.45) is 5.37. The third-order valence-corrected chi connectivity index (χ3v) is 5.26. The number of fused-ring (bicyclic) bond motifs is 1. The molecule has 0 bridgehead atoms. The van der Waals surface area contributed by atoms with E-state index in [1.807, 2.05) is 77.1 Å². The van der Waals surface area contributed by atoms with Crippen molar-refractivity contribution in [3.8, 4) is 0 Å². The minimum atomic E-state index is -0.0310. The fourth-order valence-electron chi connectivity index (χ4n) is 3.67. The number of amides is 2. The number of aryl methyl sites for hydroxylation is 1. The van der Waals surface area contributed by atoms with Gasteiger partial charge < -0.3 is 14.6 Å². The van der Waals surface area contributed by atoms with Crippen LogP contribution in [0.5, 0.6) is 0 Å². The van der Waals surface area contributed by atoms with Crippen LogP contribution in [0, 0.1) is 6.92 Å². The lowest BCUT2D eigenvalue weighted by Crippen LogP contribution is -2.46. The zero-order chi connectivity index (χ0) is 18.8.